The van der Waals surface area contributed by atoms with Crippen LogP contribution in [-0.4, -0.2) is 11.5 Å². The Morgan fingerprint density at radius 2 is 1.74 bits per heavy atom. The van der Waals surface area contributed by atoms with Gasteiger partial charge in [-0.2, -0.15) is 0 Å². The Bertz CT molecular complexity index is 540. The van der Waals surface area contributed by atoms with E-state index in [1.807, 2.05) is 36.5 Å². The summed E-state index contributed by atoms with van der Waals surface area (Å²) in [7, 11) is 0. The van der Waals surface area contributed by atoms with Crippen molar-refractivity contribution in [3.05, 3.63) is 63.9 Å². The minimum atomic E-state index is 0.187. The van der Waals surface area contributed by atoms with E-state index in [4.69, 9.17) is 28.9 Å². The highest BCUT2D eigenvalue weighted by molar-refractivity contribution is 6.30. The summed E-state index contributed by atoms with van der Waals surface area (Å²) in [4.78, 5) is 4.13. The molecule has 2 aromatic rings. The number of hydrogen-bond donors (Lipinski definition) is 1. The molecule has 100 valence electrons. The van der Waals surface area contributed by atoms with Gasteiger partial charge in [0.2, 0.25) is 0 Å². The van der Waals surface area contributed by atoms with Crippen molar-refractivity contribution in [1.82, 2.24) is 4.98 Å². The number of rotatable bonds is 4. The molecular weight excluding hydrogens is 279 g/mol. The summed E-state index contributed by atoms with van der Waals surface area (Å²) in [5.74, 6) is 0.468. The molecule has 0 bridgehead atoms. The number of nitrogens with zero attached hydrogens (tertiary/aromatic N) is 1. The summed E-state index contributed by atoms with van der Waals surface area (Å²) in [5.41, 5.74) is 8.20. The van der Waals surface area contributed by atoms with Gasteiger partial charge in [-0.25, -0.2) is 0 Å². The fourth-order valence-electron chi connectivity index (χ4n) is 2.26. The first-order valence-corrected chi connectivity index (χ1v) is 6.93. The normalized spacial score (nSPS) is 14.1. The van der Waals surface area contributed by atoms with Gasteiger partial charge in [-0.1, -0.05) is 42.3 Å². The van der Waals surface area contributed by atoms with E-state index < -0.39 is 0 Å². The molecule has 1 heterocycles. The van der Waals surface area contributed by atoms with Crippen molar-refractivity contribution in [2.45, 2.75) is 18.8 Å². The fourth-order valence-corrected chi connectivity index (χ4v) is 2.57. The monoisotopic (exact) mass is 294 g/mol. The maximum atomic E-state index is 6.00. The van der Waals surface area contributed by atoms with E-state index in [2.05, 4.69) is 11.9 Å². The molecule has 0 aliphatic carbocycles. The highest BCUT2D eigenvalue weighted by Crippen LogP contribution is 2.32. The summed E-state index contributed by atoms with van der Waals surface area (Å²) in [6, 6.07) is 9.80. The van der Waals surface area contributed by atoms with E-state index in [1.54, 1.807) is 6.20 Å². The van der Waals surface area contributed by atoms with Gasteiger partial charge < -0.3 is 5.73 Å². The van der Waals surface area contributed by atoms with Crippen LogP contribution in [0.3, 0.4) is 0 Å². The average Bonchev–Trinajstić information content (AvgIpc) is 2.40. The van der Waals surface area contributed by atoms with E-state index in [9.17, 15) is 0 Å². The van der Waals surface area contributed by atoms with Crippen LogP contribution in [0.5, 0.6) is 0 Å². The van der Waals surface area contributed by atoms with E-state index >= 15 is 0 Å². The summed E-state index contributed by atoms with van der Waals surface area (Å²) < 4.78 is 0. The molecule has 0 amide bonds. The molecule has 0 spiro atoms. The second kappa shape index (κ2) is 6.38. The number of benzene rings is 1. The number of halogens is 2. The van der Waals surface area contributed by atoms with Crippen molar-refractivity contribution in [3.63, 3.8) is 0 Å². The van der Waals surface area contributed by atoms with Crippen molar-refractivity contribution in [1.29, 1.82) is 0 Å². The SMILES string of the molecule is CC(c1ccc(Cl)cc1)C(CN)c1cncc(Cl)c1. The minimum Gasteiger partial charge on any atom is -0.330 e. The lowest BCUT2D eigenvalue weighted by Crippen LogP contribution is -2.18. The first-order valence-electron chi connectivity index (χ1n) is 6.17. The fraction of sp³-hybridized carbons (Fsp3) is 0.267. The summed E-state index contributed by atoms with van der Waals surface area (Å²) >= 11 is 11.9. The van der Waals surface area contributed by atoms with Crippen LogP contribution in [0.15, 0.2) is 42.7 Å². The lowest BCUT2D eigenvalue weighted by molar-refractivity contribution is 0.583. The van der Waals surface area contributed by atoms with Crippen LogP contribution in [0, 0.1) is 0 Å². The lowest BCUT2D eigenvalue weighted by Gasteiger charge is -2.23. The van der Waals surface area contributed by atoms with Gasteiger partial charge in [0.15, 0.2) is 0 Å². The van der Waals surface area contributed by atoms with Crippen molar-refractivity contribution >= 4 is 23.2 Å². The van der Waals surface area contributed by atoms with Crippen LogP contribution in [0.25, 0.3) is 0 Å². The molecule has 2 rings (SSSR count). The Labute approximate surface area is 123 Å². The Morgan fingerprint density at radius 1 is 1.05 bits per heavy atom. The number of aromatic nitrogens is 1. The molecule has 2 atom stereocenters. The van der Waals surface area contributed by atoms with Crippen LogP contribution >= 0.6 is 23.2 Å². The number of hydrogen-bond acceptors (Lipinski definition) is 2. The predicted molar refractivity (Wildman–Crippen MR) is 80.9 cm³/mol. The first-order chi connectivity index (χ1) is 9.11. The largest absolute Gasteiger partial charge is 0.330 e. The molecule has 0 saturated heterocycles. The Balaban J connectivity index is 2.28. The third-order valence-corrected chi connectivity index (χ3v) is 3.87. The average molecular weight is 295 g/mol. The number of pyridine rings is 1. The van der Waals surface area contributed by atoms with Crippen LogP contribution in [0.1, 0.15) is 29.9 Å². The molecule has 2 unspecified atom stereocenters. The zero-order valence-corrected chi connectivity index (χ0v) is 12.2. The molecule has 0 aliphatic heterocycles. The molecular formula is C15H16Cl2N2. The van der Waals surface area contributed by atoms with Crippen molar-refractivity contribution in [2.24, 2.45) is 5.73 Å². The molecule has 0 fully saturated rings. The van der Waals surface area contributed by atoms with Gasteiger partial charge in [0, 0.05) is 23.3 Å². The molecule has 1 aromatic carbocycles. The predicted octanol–water partition coefficient (Wildman–Crippen LogP) is 4.23. The van der Waals surface area contributed by atoms with Gasteiger partial charge in [-0.15, -0.1) is 0 Å². The van der Waals surface area contributed by atoms with Gasteiger partial charge in [0.05, 0.1) is 5.02 Å². The highest BCUT2D eigenvalue weighted by atomic mass is 35.5. The topological polar surface area (TPSA) is 38.9 Å². The Kier molecular flexibility index (Phi) is 4.81. The summed E-state index contributed by atoms with van der Waals surface area (Å²) in [6.45, 7) is 2.70. The third kappa shape index (κ3) is 3.47. The Morgan fingerprint density at radius 3 is 2.32 bits per heavy atom. The third-order valence-electron chi connectivity index (χ3n) is 3.41. The summed E-state index contributed by atoms with van der Waals surface area (Å²) in [5, 5.41) is 1.38. The minimum absolute atomic E-state index is 0.187. The smallest absolute Gasteiger partial charge is 0.0592 e. The highest BCUT2D eigenvalue weighted by Gasteiger charge is 2.20. The maximum absolute atomic E-state index is 6.00. The molecule has 2 nitrogen and oxygen atoms in total. The standard InChI is InChI=1S/C15H16Cl2N2/c1-10(11-2-4-13(16)5-3-11)15(7-18)12-6-14(17)9-19-8-12/h2-6,8-10,15H,7,18H2,1H3. The van der Waals surface area contributed by atoms with E-state index in [0.717, 1.165) is 10.6 Å². The van der Waals surface area contributed by atoms with E-state index in [1.165, 1.54) is 5.56 Å². The van der Waals surface area contributed by atoms with Crippen molar-refractivity contribution in [2.75, 3.05) is 6.54 Å². The number of nitrogens with two attached hydrogens (primary N) is 1. The molecule has 0 radical (unpaired) electrons. The van der Waals surface area contributed by atoms with Gasteiger partial charge in [-0.05, 0) is 41.8 Å². The first kappa shape index (κ1) is 14.3. The van der Waals surface area contributed by atoms with Crippen LogP contribution in [0.4, 0.5) is 0 Å². The molecule has 2 N–H and O–H groups in total. The quantitative estimate of drug-likeness (QED) is 0.916. The van der Waals surface area contributed by atoms with Crippen LogP contribution < -0.4 is 5.73 Å². The van der Waals surface area contributed by atoms with E-state index in [-0.39, 0.29) is 11.8 Å². The van der Waals surface area contributed by atoms with E-state index in [0.29, 0.717) is 11.6 Å². The van der Waals surface area contributed by atoms with Crippen molar-refractivity contribution < 1.29 is 0 Å². The second-order valence-corrected chi connectivity index (χ2v) is 5.49. The Hall–Kier alpha value is -1.09. The van der Waals surface area contributed by atoms with Gasteiger partial charge >= 0.3 is 0 Å². The van der Waals surface area contributed by atoms with Crippen molar-refractivity contribution in [3.8, 4) is 0 Å². The van der Waals surface area contributed by atoms with Crippen LogP contribution in [-0.2, 0) is 0 Å². The van der Waals surface area contributed by atoms with Gasteiger partial charge in [-0.3, -0.25) is 4.98 Å². The zero-order valence-electron chi connectivity index (χ0n) is 10.7. The van der Waals surface area contributed by atoms with Gasteiger partial charge in [0.25, 0.3) is 0 Å². The maximum Gasteiger partial charge on any atom is 0.0592 e. The lowest BCUT2D eigenvalue weighted by atomic mass is 9.83. The molecule has 0 aliphatic rings. The molecule has 1 aromatic heterocycles. The van der Waals surface area contributed by atoms with Crippen LogP contribution in [0.2, 0.25) is 10.0 Å². The molecule has 4 heteroatoms. The molecule has 19 heavy (non-hydrogen) atoms. The second-order valence-electron chi connectivity index (χ2n) is 4.62. The van der Waals surface area contributed by atoms with Gasteiger partial charge in [0.1, 0.15) is 0 Å². The summed E-state index contributed by atoms with van der Waals surface area (Å²) in [6.07, 6.45) is 3.46. The molecule has 0 saturated carbocycles. The zero-order chi connectivity index (χ0) is 13.8.